The number of nitrogens with one attached hydrogen (secondary N) is 1. The fraction of sp³-hybridized carbons (Fsp3) is 0.462. The normalized spacial score (nSPS) is 13.8. The number of nitrogens with two attached hydrogens (primary N) is 1. The van der Waals surface area contributed by atoms with Gasteiger partial charge in [0.2, 0.25) is 0 Å². The molecule has 1 unspecified atom stereocenters. The molecule has 1 aromatic rings. The average Bonchev–Trinajstić information content (AvgIpc) is 2.19. The molecule has 0 fully saturated rings. The van der Waals surface area contributed by atoms with Crippen LogP contribution in [0.25, 0.3) is 0 Å². The van der Waals surface area contributed by atoms with E-state index >= 15 is 0 Å². The highest BCUT2D eigenvalue weighted by molar-refractivity contribution is 5.78. The van der Waals surface area contributed by atoms with Crippen molar-refractivity contribution in [2.75, 3.05) is 0 Å². The Hall–Kier alpha value is -1.58. The lowest BCUT2D eigenvalue weighted by molar-refractivity contribution is 0.625. The van der Waals surface area contributed by atoms with E-state index in [-0.39, 0.29) is 17.9 Å². The number of aliphatic imine (C=N–C) groups is 1. The van der Waals surface area contributed by atoms with E-state index in [0.717, 1.165) is 12.0 Å². The van der Waals surface area contributed by atoms with Crippen molar-refractivity contribution in [3.63, 3.8) is 0 Å². The van der Waals surface area contributed by atoms with E-state index in [1.165, 1.54) is 12.1 Å². The molecule has 4 heteroatoms. The molecule has 0 aromatic heterocycles. The zero-order valence-electron chi connectivity index (χ0n) is 10.6. The Balaban J connectivity index is 2.54. The van der Waals surface area contributed by atoms with E-state index in [1.807, 2.05) is 20.8 Å². The summed E-state index contributed by atoms with van der Waals surface area (Å²) in [6.07, 6.45) is 0.751. The highest BCUT2D eigenvalue weighted by Gasteiger charge is 2.03. The Labute approximate surface area is 102 Å². The molecule has 1 atom stereocenters. The van der Waals surface area contributed by atoms with Crippen molar-refractivity contribution < 1.29 is 4.39 Å². The minimum absolute atomic E-state index is 0.0757. The number of halogens is 1. The Morgan fingerprint density at radius 2 is 1.88 bits per heavy atom. The molecule has 1 aromatic carbocycles. The smallest absolute Gasteiger partial charge is 0.189 e. The van der Waals surface area contributed by atoms with E-state index < -0.39 is 0 Å². The van der Waals surface area contributed by atoms with Crippen molar-refractivity contribution in [3.8, 4) is 0 Å². The van der Waals surface area contributed by atoms with Gasteiger partial charge in [-0.2, -0.15) is 0 Å². The van der Waals surface area contributed by atoms with Crippen LogP contribution < -0.4 is 11.1 Å². The molecule has 0 aliphatic rings. The van der Waals surface area contributed by atoms with Crippen molar-refractivity contribution >= 4 is 5.96 Å². The molecule has 1 rings (SSSR count). The number of hydrogen-bond donors (Lipinski definition) is 2. The van der Waals surface area contributed by atoms with Gasteiger partial charge in [0.25, 0.3) is 0 Å². The maximum Gasteiger partial charge on any atom is 0.189 e. The molecular formula is C13H20FN3. The van der Waals surface area contributed by atoms with E-state index in [4.69, 9.17) is 5.73 Å². The molecule has 0 amide bonds. The lowest BCUT2D eigenvalue weighted by Crippen LogP contribution is -2.37. The van der Waals surface area contributed by atoms with Crippen LogP contribution >= 0.6 is 0 Å². The number of rotatable bonds is 4. The quantitative estimate of drug-likeness (QED) is 0.622. The maximum atomic E-state index is 12.7. The summed E-state index contributed by atoms with van der Waals surface area (Å²) in [5.74, 6) is 0.237. The van der Waals surface area contributed by atoms with Gasteiger partial charge in [-0.25, -0.2) is 4.39 Å². The van der Waals surface area contributed by atoms with Crippen LogP contribution in [0.2, 0.25) is 0 Å². The average molecular weight is 237 g/mol. The predicted molar refractivity (Wildman–Crippen MR) is 69.5 cm³/mol. The number of benzene rings is 1. The topological polar surface area (TPSA) is 50.4 Å². The van der Waals surface area contributed by atoms with E-state index in [0.29, 0.717) is 5.96 Å². The zero-order chi connectivity index (χ0) is 12.8. The first kappa shape index (κ1) is 13.5. The summed E-state index contributed by atoms with van der Waals surface area (Å²) in [6.45, 7) is 6.00. The zero-order valence-corrected chi connectivity index (χ0v) is 10.6. The van der Waals surface area contributed by atoms with Crippen LogP contribution in [0.4, 0.5) is 4.39 Å². The fourth-order valence-electron chi connectivity index (χ4n) is 1.58. The Kier molecular flexibility index (Phi) is 4.94. The van der Waals surface area contributed by atoms with E-state index in [1.54, 1.807) is 12.1 Å². The van der Waals surface area contributed by atoms with Crippen LogP contribution in [-0.4, -0.2) is 18.0 Å². The second-order valence-corrected chi connectivity index (χ2v) is 4.49. The van der Waals surface area contributed by atoms with Crippen molar-refractivity contribution in [1.82, 2.24) is 5.32 Å². The van der Waals surface area contributed by atoms with Gasteiger partial charge in [0.1, 0.15) is 5.82 Å². The summed E-state index contributed by atoms with van der Waals surface area (Å²) in [6, 6.07) is 6.81. The van der Waals surface area contributed by atoms with Gasteiger partial charge in [-0.05, 0) is 44.9 Å². The summed E-state index contributed by atoms with van der Waals surface area (Å²) in [5.41, 5.74) is 6.79. The molecule has 3 N–H and O–H groups in total. The standard InChI is InChI=1S/C13H20FN3/c1-9(2)16-13(15)17-10(3)8-11-4-6-12(14)7-5-11/h4-7,9-10H,8H2,1-3H3,(H3,15,16,17). The molecule has 0 aliphatic carbocycles. The summed E-state index contributed by atoms with van der Waals surface area (Å²) >= 11 is 0. The minimum Gasteiger partial charge on any atom is -0.370 e. The number of nitrogens with zero attached hydrogens (tertiary/aromatic N) is 1. The van der Waals surface area contributed by atoms with E-state index in [9.17, 15) is 4.39 Å². The van der Waals surface area contributed by atoms with Crippen LogP contribution in [0.15, 0.2) is 29.3 Å². The molecule has 3 nitrogen and oxygen atoms in total. The van der Waals surface area contributed by atoms with E-state index in [2.05, 4.69) is 10.3 Å². The number of hydrogen-bond acceptors (Lipinski definition) is 1. The molecule has 0 saturated heterocycles. The molecule has 94 valence electrons. The third kappa shape index (κ3) is 5.33. The molecular weight excluding hydrogens is 217 g/mol. The monoisotopic (exact) mass is 237 g/mol. The Bertz CT molecular complexity index is 371. The molecule has 0 radical (unpaired) electrons. The van der Waals surface area contributed by atoms with Crippen LogP contribution in [0.5, 0.6) is 0 Å². The van der Waals surface area contributed by atoms with Gasteiger partial charge in [-0.3, -0.25) is 4.99 Å². The highest BCUT2D eigenvalue weighted by Crippen LogP contribution is 2.07. The van der Waals surface area contributed by atoms with Gasteiger partial charge in [0, 0.05) is 6.04 Å². The van der Waals surface area contributed by atoms with Gasteiger partial charge in [-0.1, -0.05) is 12.1 Å². The molecule has 0 aliphatic heterocycles. The van der Waals surface area contributed by atoms with Crippen LogP contribution in [0.3, 0.4) is 0 Å². The Morgan fingerprint density at radius 3 is 2.41 bits per heavy atom. The molecule has 0 spiro atoms. The first-order valence-electron chi connectivity index (χ1n) is 5.81. The summed E-state index contributed by atoms with van der Waals surface area (Å²) < 4.78 is 12.7. The second kappa shape index (κ2) is 6.23. The molecule has 0 bridgehead atoms. The second-order valence-electron chi connectivity index (χ2n) is 4.49. The number of guanidine groups is 1. The fourth-order valence-corrected chi connectivity index (χ4v) is 1.58. The van der Waals surface area contributed by atoms with Crippen molar-refractivity contribution in [3.05, 3.63) is 35.6 Å². The Morgan fingerprint density at radius 1 is 1.29 bits per heavy atom. The lowest BCUT2D eigenvalue weighted by atomic mass is 10.1. The third-order valence-electron chi connectivity index (χ3n) is 2.24. The van der Waals surface area contributed by atoms with Crippen LogP contribution in [0, 0.1) is 5.82 Å². The van der Waals surface area contributed by atoms with Gasteiger partial charge in [0.05, 0.1) is 6.04 Å². The first-order valence-corrected chi connectivity index (χ1v) is 5.81. The highest BCUT2D eigenvalue weighted by atomic mass is 19.1. The van der Waals surface area contributed by atoms with Gasteiger partial charge in [0.15, 0.2) is 5.96 Å². The summed E-state index contributed by atoms with van der Waals surface area (Å²) in [5, 5.41) is 3.04. The minimum atomic E-state index is -0.217. The SMILES string of the molecule is CC(Cc1ccc(F)cc1)N=C(N)NC(C)C. The molecule has 17 heavy (non-hydrogen) atoms. The predicted octanol–water partition coefficient (Wildman–Crippen LogP) is 2.07. The first-order chi connectivity index (χ1) is 7.97. The maximum absolute atomic E-state index is 12.7. The van der Waals surface area contributed by atoms with Crippen molar-refractivity contribution in [1.29, 1.82) is 0 Å². The van der Waals surface area contributed by atoms with Crippen molar-refractivity contribution in [2.45, 2.75) is 39.3 Å². The largest absolute Gasteiger partial charge is 0.370 e. The van der Waals surface area contributed by atoms with Gasteiger partial charge in [-0.15, -0.1) is 0 Å². The summed E-state index contributed by atoms with van der Waals surface area (Å²) in [7, 11) is 0. The third-order valence-corrected chi connectivity index (χ3v) is 2.24. The lowest BCUT2D eigenvalue weighted by Gasteiger charge is -2.12. The van der Waals surface area contributed by atoms with Gasteiger partial charge < -0.3 is 11.1 Å². The van der Waals surface area contributed by atoms with Crippen molar-refractivity contribution in [2.24, 2.45) is 10.7 Å². The summed E-state index contributed by atoms with van der Waals surface area (Å²) in [4.78, 5) is 4.32. The van der Waals surface area contributed by atoms with Crippen LogP contribution in [0.1, 0.15) is 26.3 Å². The molecule has 0 heterocycles. The molecule has 0 saturated carbocycles. The van der Waals surface area contributed by atoms with Gasteiger partial charge >= 0.3 is 0 Å². The van der Waals surface area contributed by atoms with Crippen LogP contribution in [-0.2, 0) is 6.42 Å².